The van der Waals surface area contributed by atoms with Crippen molar-refractivity contribution < 1.29 is 13.9 Å². The van der Waals surface area contributed by atoms with E-state index in [1.807, 2.05) is 13.8 Å². The van der Waals surface area contributed by atoms with Crippen LogP contribution in [0, 0.1) is 18.3 Å². The fourth-order valence-electron chi connectivity index (χ4n) is 7.93. The molecule has 1 aliphatic heterocycles. The Morgan fingerprint density at radius 2 is 1.63 bits per heavy atom. The highest BCUT2D eigenvalue weighted by Gasteiger charge is 2.76. The minimum absolute atomic E-state index is 0.0696. The first-order valence-electron chi connectivity index (χ1n) is 14.6. The van der Waals surface area contributed by atoms with Crippen LogP contribution in [0.2, 0.25) is 10.2 Å². The highest BCUT2D eigenvalue weighted by atomic mass is 35.5. The summed E-state index contributed by atoms with van der Waals surface area (Å²) >= 11 is 6.50. The molecule has 3 heterocycles. The molecule has 2 saturated carbocycles. The van der Waals surface area contributed by atoms with Crippen molar-refractivity contribution in [2.45, 2.75) is 77.0 Å². The number of ether oxygens (including phenoxy) is 2. The molecule has 3 aliphatic rings. The Hall–Kier alpha value is -2.55. The predicted molar refractivity (Wildman–Crippen MR) is 164 cm³/mol. The number of fused-ring (bicyclic) bond motifs is 4. The van der Waals surface area contributed by atoms with Gasteiger partial charge in [-0.2, -0.15) is 0 Å². The van der Waals surface area contributed by atoms with Crippen LogP contribution in [0.15, 0.2) is 73.1 Å². The molecule has 0 N–H and O–H groups in total. The summed E-state index contributed by atoms with van der Waals surface area (Å²) in [5, 5.41) is 3.85. The Kier molecular flexibility index (Phi) is 6.14. The van der Waals surface area contributed by atoms with Crippen LogP contribution in [0.1, 0.15) is 52.8 Å². The number of nitrogens with zero attached hydrogens (tertiary/aromatic N) is 3. The fourth-order valence-corrected chi connectivity index (χ4v) is 12.8. The number of aryl methyl sites for hydroxylation is 1. The maximum atomic E-state index is 7.52. The largest absolute Gasteiger partial charge is 0.407 e. The van der Waals surface area contributed by atoms with Crippen molar-refractivity contribution in [2.24, 2.45) is 11.3 Å². The van der Waals surface area contributed by atoms with Gasteiger partial charge in [-0.1, -0.05) is 93.0 Å². The first-order valence-corrected chi connectivity index (χ1v) is 16.9. The van der Waals surface area contributed by atoms with Gasteiger partial charge in [-0.15, -0.1) is 0 Å². The Morgan fingerprint density at radius 1 is 1.00 bits per heavy atom. The molecule has 3 fully saturated rings. The van der Waals surface area contributed by atoms with E-state index < -0.39 is 14.1 Å². The van der Waals surface area contributed by atoms with E-state index in [-0.39, 0.29) is 28.7 Å². The van der Waals surface area contributed by atoms with Crippen LogP contribution in [0.3, 0.4) is 0 Å². The van der Waals surface area contributed by atoms with Gasteiger partial charge < -0.3 is 18.5 Å². The number of aromatic nitrogens is 3. The molecule has 0 unspecified atom stereocenters. The lowest BCUT2D eigenvalue weighted by Gasteiger charge is -2.44. The molecule has 0 spiro atoms. The summed E-state index contributed by atoms with van der Waals surface area (Å²) < 4.78 is 23.3. The molecule has 5 atom stereocenters. The molecule has 41 heavy (non-hydrogen) atoms. The van der Waals surface area contributed by atoms with Crippen molar-refractivity contribution in [3.63, 3.8) is 0 Å². The van der Waals surface area contributed by atoms with E-state index in [9.17, 15) is 0 Å². The number of benzene rings is 2. The van der Waals surface area contributed by atoms with Crippen molar-refractivity contribution in [3.8, 4) is 0 Å². The molecule has 8 heteroatoms. The first kappa shape index (κ1) is 27.3. The maximum absolute atomic E-state index is 7.52. The molecular formula is C33H38ClN3O3Si. The summed E-state index contributed by atoms with van der Waals surface area (Å²) in [4.78, 5) is 8.90. The molecule has 7 rings (SSSR count). The zero-order valence-corrected chi connectivity index (χ0v) is 26.4. The van der Waals surface area contributed by atoms with Gasteiger partial charge in [-0.05, 0) is 54.6 Å². The summed E-state index contributed by atoms with van der Waals surface area (Å²) in [5.74, 6) is -0.329. The molecule has 2 aromatic carbocycles. The third-order valence-corrected chi connectivity index (χ3v) is 15.0. The molecule has 2 aliphatic carbocycles. The molecule has 0 amide bonds. The van der Waals surface area contributed by atoms with Gasteiger partial charge in [0.15, 0.2) is 5.79 Å². The van der Waals surface area contributed by atoms with Crippen LogP contribution in [-0.4, -0.2) is 47.5 Å². The van der Waals surface area contributed by atoms with Gasteiger partial charge in [0, 0.05) is 17.7 Å². The standard InChI is InChI=1S/C33H38ClN3O3Si/c1-21-17-24-29(34)35-20-36-30(24)37(21)26-25-18-33(25,28-27(26)39-32(5,6)40-28)19-38-41(31(2,3)4,22-13-9-7-10-14-22)23-15-11-8-12-16-23/h7-17,20,25-28H,18-19H2,1-6H3/t25-,26-,27+,28+,33+/m1/s1. The normalized spacial score (nSPS) is 28.6. The Balaban J connectivity index is 1.32. The quantitative estimate of drug-likeness (QED) is 0.203. The Bertz CT molecular complexity index is 1560. The molecule has 1 saturated heterocycles. The van der Waals surface area contributed by atoms with Crippen LogP contribution < -0.4 is 10.4 Å². The molecule has 0 radical (unpaired) electrons. The lowest BCUT2D eigenvalue weighted by atomic mass is 10.0. The van der Waals surface area contributed by atoms with E-state index in [0.29, 0.717) is 17.7 Å². The van der Waals surface area contributed by atoms with Crippen LogP contribution in [0.4, 0.5) is 0 Å². The van der Waals surface area contributed by atoms with E-state index in [1.165, 1.54) is 10.4 Å². The van der Waals surface area contributed by atoms with E-state index in [2.05, 4.69) is 109 Å². The van der Waals surface area contributed by atoms with Crippen LogP contribution >= 0.6 is 11.6 Å². The zero-order chi connectivity index (χ0) is 28.8. The van der Waals surface area contributed by atoms with Gasteiger partial charge >= 0.3 is 0 Å². The Morgan fingerprint density at radius 3 is 2.24 bits per heavy atom. The van der Waals surface area contributed by atoms with Gasteiger partial charge in [-0.3, -0.25) is 0 Å². The zero-order valence-electron chi connectivity index (χ0n) is 24.6. The number of hydrogen-bond acceptors (Lipinski definition) is 5. The molecule has 0 bridgehead atoms. The summed E-state index contributed by atoms with van der Waals surface area (Å²) in [6.45, 7) is 13.8. The highest BCUT2D eigenvalue weighted by molar-refractivity contribution is 6.99. The van der Waals surface area contributed by atoms with Gasteiger partial charge in [0.2, 0.25) is 0 Å². The van der Waals surface area contributed by atoms with Crippen LogP contribution in [-0.2, 0) is 13.9 Å². The van der Waals surface area contributed by atoms with Crippen LogP contribution in [0.5, 0.6) is 0 Å². The number of halogens is 1. The molecule has 2 aromatic heterocycles. The van der Waals surface area contributed by atoms with Gasteiger partial charge in [0.1, 0.15) is 23.2 Å². The third kappa shape index (κ3) is 4.00. The van der Waals surface area contributed by atoms with Crippen molar-refractivity contribution in [3.05, 3.63) is 83.9 Å². The van der Waals surface area contributed by atoms with Gasteiger partial charge in [-0.25, -0.2) is 9.97 Å². The number of hydrogen-bond donors (Lipinski definition) is 0. The maximum Gasteiger partial charge on any atom is 0.261 e. The minimum atomic E-state index is -2.71. The molecule has 214 valence electrons. The second-order valence-corrected chi connectivity index (χ2v) is 18.2. The molecule has 6 nitrogen and oxygen atoms in total. The van der Waals surface area contributed by atoms with Gasteiger partial charge in [0.25, 0.3) is 8.32 Å². The van der Waals surface area contributed by atoms with E-state index in [4.69, 9.17) is 25.5 Å². The summed E-state index contributed by atoms with van der Waals surface area (Å²) in [5.41, 5.74) is 1.82. The van der Waals surface area contributed by atoms with Crippen molar-refractivity contribution in [1.82, 2.24) is 14.5 Å². The van der Waals surface area contributed by atoms with E-state index >= 15 is 0 Å². The summed E-state index contributed by atoms with van der Waals surface area (Å²) in [6.07, 6.45) is 2.40. The van der Waals surface area contributed by atoms with Crippen LogP contribution in [0.25, 0.3) is 11.0 Å². The highest BCUT2D eigenvalue weighted by Crippen LogP contribution is 2.72. The van der Waals surface area contributed by atoms with Crippen molar-refractivity contribution >= 4 is 41.3 Å². The third-order valence-electron chi connectivity index (χ3n) is 9.67. The monoisotopic (exact) mass is 587 g/mol. The smallest absolute Gasteiger partial charge is 0.261 e. The second-order valence-electron chi connectivity index (χ2n) is 13.6. The average molecular weight is 588 g/mol. The molecular weight excluding hydrogens is 550 g/mol. The fraction of sp³-hybridized carbons (Fsp3) is 0.455. The second kappa shape index (κ2) is 9.22. The Labute approximate surface area is 248 Å². The van der Waals surface area contributed by atoms with Gasteiger partial charge in [0.05, 0.1) is 17.5 Å². The first-order chi connectivity index (χ1) is 19.5. The summed E-state index contributed by atoms with van der Waals surface area (Å²) in [7, 11) is -2.71. The minimum Gasteiger partial charge on any atom is -0.407 e. The lowest BCUT2D eigenvalue weighted by Crippen LogP contribution is -2.67. The number of rotatable bonds is 6. The van der Waals surface area contributed by atoms with Crippen molar-refractivity contribution in [2.75, 3.05) is 6.61 Å². The SMILES string of the molecule is Cc1cc2c(Cl)ncnc2n1[C@H]1[C@@H]2OC(C)(C)O[C@@H]2[C@]2(CO[Si](c3ccccc3)(c3ccccc3)C(C)(C)C)C[C@H]12. The average Bonchev–Trinajstić information content (AvgIpc) is 3.30. The lowest BCUT2D eigenvalue weighted by molar-refractivity contribution is -0.162. The molecule has 4 aromatic rings. The van der Waals surface area contributed by atoms with E-state index in [1.54, 1.807) is 6.33 Å². The topological polar surface area (TPSA) is 58.4 Å². The predicted octanol–water partition coefficient (Wildman–Crippen LogP) is 6.05. The van der Waals surface area contributed by atoms with Crippen molar-refractivity contribution in [1.29, 1.82) is 0 Å². The summed E-state index contributed by atoms with van der Waals surface area (Å²) in [6, 6.07) is 23.9. The van der Waals surface area contributed by atoms with E-state index in [0.717, 1.165) is 23.1 Å².